The van der Waals surface area contributed by atoms with Crippen LogP contribution < -0.4 is 0 Å². The third-order valence-electron chi connectivity index (χ3n) is 3.44. The maximum atomic E-state index is 11.2. The molecule has 0 radical (unpaired) electrons. The zero-order chi connectivity index (χ0) is 12.4. The first-order valence-electron chi connectivity index (χ1n) is 6.90. The number of rotatable bonds is 10. The minimum Gasteiger partial charge on any atom is -0.481 e. The highest BCUT2D eigenvalue weighted by Gasteiger charge is 2.25. The van der Waals surface area contributed by atoms with Crippen molar-refractivity contribution >= 4 is 5.97 Å². The Labute approximate surface area is 100 Å². The molecule has 0 bridgehead atoms. The largest absolute Gasteiger partial charge is 0.481 e. The summed E-state index contributed by atoms with van der Waals surface area (Å²) in [6.07, 6.45) is 8.72. The fraction of sp³-hybridized carbons (Fsp3) is 0.929. The Hall–Kier alpha value is -0.530. The SMILES string of the molecule is CCCCCCC(C(=O)O)C(CC)CCC. The summed E-state index contributed by atoms with van der Waals surface area (Å²) in [4.78, 5) is 11.2. The molecule has 0 aromatic rings. The van der Waals surface area contributed by atoms with E-state index in [4.69, 9.17) is 0 Å². The minimum atomic E-state index is -0.586. The lowest BCUT2D eigenvalue weighted by atomic mass is 9.83. The Bertz CT molecular complexity index is 178. The van der Waals surface area contributed by atoms with Gasteiger partial charge >= 0.3 is 5.97 Å². The Kier molecular flexibility index (Phi) is 9.36. The quantitative estimate of drug-likeness (QED) is 0.560. The van der Waals surface area contributed by atoms with Crippen molar-refractivity contribution in [3.05, 3.63) is 0 Å². The average molecular weight is 228 g/mol. The summed E-state index contributed by atoms with van der Waals surface area (Å²) < 4.78 is 0. The summed E-state index contributed by atoms with van der Waals surface area (Å²) in [5.41, 5.74) is 0. The van der Waals surface area contributed by atoms with Gasteiger partial charge in [0.05, 0.1) is 5.92 Å². The molecule has 0 aromatic heterocycles. The Morgan fingerprint density at radius 1 is 1.00 bits per heavy atom. The van der Waals surface area contributed by atoms with Crippen molar-refractivity contribution in [1.29, 1.82) is 0 Å². The van der Waals surface area contributed by atoms with Crippen LogP contribution in [0.5, 0.6) is 0 Å². The molecule has 1 N–H and O–H groups in total. The summed E-state index contributed by atoms with van der Waals surface area (Å²) in [5, 5.41) is 9.26. The van der Waals surface area contributed by atoms with E-state index in [1.807, 2.05) is 0 Å². The number of hydrogen-bond acceptors (Lipinski definition) is 1. The molecule has 0 fully saturated rings. The smallest absolute Gasteiger partial charge is 0.306 e. The van der Waals surface area contributed by atoms with Gasteiger partial charge in [-0.05, 0) is 18.8 Å². The van der Waals surface area contributed by atoms with E-state index < -0.39 is 5.97 Å². The summed E-state index contributed by atoms with van der Waals surface area (Å²) in [6.45, 7) is 6.43. The first-order chi connectivity index (χ1) is 7.67. The second kappa shape index (κ2) is 9.68. The molecule has 0 saturated heterocycles. The van der Waals surface area contributed by atoms with Crippen LogP contribution >= 0.6 is 0 Å². The van der Waals surface area contributed by atoms with Crippen LogP contribution in [-0.4, -0.2) is 11.1 Å². The Balaban J connectivity index is 4.08. The highest BCUT2D eigenvalue weighted by atomic mass is 16.4. The maximum Gasteiger partial charge on any atom is 0.306 e. The minimum absolute atomic E-state index is 0.109. The molecule has 0 heterocycles. The topological polar surface area (TPSA) is 37.3 Å². The van der Waals surface area contributed by atoms with E-state index in [-0.39, 0.29) is 5.92 Å². The van der Waals surface area contributed by atoms with Gasteiger partial charge in [0.25, 0.3) is 0 Å². The van der Waals surface area contributed by atoms with Crippen LogP contribution in [0.4, 0.5) is 0 Å². The number of aliphatic carboxylic acids is 1. The van der Waals surface area contributed by atoms with Gasteiger partial charge in [-0.3, -0.25) is 4.79 Å². The normalized spacial score (nSPS) is 14.7. The van der Waals surface area contributed by atoms with E-state index in [0.29, 0.717) is 5.92 Å². The zero-order valence-electron chi connectivity index (χ0n) is 11.2. The van der Waals surface area contributed by atoms with E-state index in [0.717, 1.165) is 32.1 Å². The van der Waals surface area contributed by atoms with Crippen LogP contribution in [0, 0.1) is 11.8 Å². The van der Waals surface area contributed by atoms with E-state index in [2.05, 4.69) is 20.8 Å². The van der Waals surface area contributed by atoms with Crippen molar-refractivity contribution in [2.45, 2.75) is 72.1 Å². The average Bonchev–Trinajstić information content (AvgIpc) is 2.26. The number of hydrogen-bond donors (Lipinski definition) is 1. The van der Waals surface area contributed by atoms with Gasteiger partial charge in [0.15, 0.2) is 0 Å². The van der Waals surface area contributed by atoms with Crippen LogP contribution in [0.25, 0.3) is 0 Å². The van der Waals surface area contributed by atoms with E-state index in [1.54, 1.807) is 0 Å². The second-order valence-corrected chi connectivity index (χ2v) is 4.75. The molecule has 0 aliphatic rings. The van der Waals surface area contributed by atoms with E-state index in [1.165, 1.54) is 19.3 Å². The third-order valence-corrected chi connectivity index (χ3v) is 3.44. The summed E-state index contributed by atoms with van der Waals surface area (Å²) in [7, 11) is 0. The van der Waals surface area contributed by atoms with Crippen LogP contribution in [0.1, 0.15) is 72.1 Å². The molecular weight excluding hydrogens is 200 g/mol. The second-order valence-electron chi connectivity index (χ2n) is 4.75. The van der Waals surface area contributed by atoms with Gasteiger partial charge < -0.3 is 5.11 Å². The van der Waals surface area contributed by atoms with Gasteiger partial charge in [-0.25, -0.2) is 0 Å². The molecule has 0 aliphatic carbocycles. The fourth-order valence-corrected chi connectivity index (χ4v) is 2.41. The standard InChI is InChI=1S/C14H28O2/c1-4-7-8-9-11-13(14(15)16)12(6-3)10-5-2/h12-13H,4-11H2,1-3H3,(H,15,16). The van der Waals surface area contributed by atoms with Crippen LogP contribution in [0.3, 0.4) is 0 Å². The van der Waals surface area contributed by atoms with Crippen molar-refractivity contribution in [2.75, 3.05) is 0 Å². The number of carbonyl (C=O) groups is 1. The fourth-order valence-electron chi connectivity index (χ4n) is 2.41. The monoisotopic (exact) mass is 228 g/mol. The molecule has 0 saturated carbocycles. The molecule has 2 nitrogen and oxygen atoms in total. The molecule has 2 atom stereocenters. The molecule has 16 heavy (non-hydrogen) atoms. The lowest BCUT2D eigenvalue weighted by molar-refractivity contribution is -0.144. The zero-order valence-corrected chi connectivity index (χ0v) is 11.2. The molecular formula is C14H28O2. The molecule has 96 valence electrons. The van der Waals surface area contributed by atoms with Crippen LogP contribution in [0.2, 0.25) is 0 Å². The highest BCUT2D eigenvalue weighted by Crippen LogP contribution is 2.26. The first kappa shape index (κ1) is 15.5. The number of carboxylic acids is 1. The van der Waals surface area contributed by atoms with Crippen LogP contribution in [-0.2, 0) is 4.79 Å². The highest BCUT2D eigenvalue weighted by molar-refractivity contribution is 5.70. The lowest BCUT2D eigenvalue weighted by Crippen LogP contribution is -2.23. The van der Waals surface area contributed by atoms with Gasteiger partial charge in [-0.15, -0.1) is 0 Å². The summed E-state index contributed by atoms with van der Waals surface area (Å²) >= 11 is 0. The van der Waals surface area contributed by atoms with Crippen molar-refractivity contribution in [2.24, 2.45) is 11.8 Å². The van der Waals surface area contributed by atoms with Gasteiger partial charge in [0.1, 0.15) is 0 Å². The predicted molar refractivity (Wildman–Crippen MR) is 68.6 cm³/mol. The molecule has 0 aromatic carbocycles. The van der Waals surface area contributed by atoms with Crippen LogP contribution in [0.15, 0.2) is 0 Å². The summed E-state index contributed by atoms with van der Waals surface area (Å²) in [5.74, 6) is -0.317. The van der Waals surface area contributed by atoms with Gasteiger partial charge in [0.2, 0.25) is 0 Å². The predicted octanol–water partition coefficient (Wildman–Crippen LogP) is 4.48. The Morgan fingerprint density at radius 3 is 2.12 bits per heavy atom. The van der Waals surface area contributed by atoms with Gasteiger partial charge in [0, 0.05) is 0 Å². The van der Waals surface area contributed by atoms with Crippen molar-refractivity contribution in [1.82, 2.24) is 0 Å². The third kappa shape index (κ3) is 6.14. The summed E-state index contributed by atoms with van der Waals surface area (Å²) in [6, 6.07) is 0. The maximum absolute atomic E-state index is 11.2. The molecule has 0 aliphatic heterocycles. The van der Waals surface area contributed by atoms with Gasteiger partial charge in [-0.1, -0.05) is 59.3 Å². The van der Waals surface area contributed by atoms with E-state index in [9.17, 15) is 9.90 Å². The van der Waals surface area contributed by atoms with Gasteiger partial charge in [-0.2, -0.15) is 0 Å². The van der Waals surface area contributed by atoms with Crippen molar-refractivity contribution in [3.63, 3.8) is 0 Å². The van der Waals surface area contributed by atoms with E-state index >= 15 is 0 Å². The number of unbranched alkanes of at least 4 members (excludes halogenated alkanes) is 3. The first-order valence-corrected chi connectivity index (χ1v) is 6.90. The molecule has 2 heteroatoms. The lowest BCUT2D eigenvalue weighted by Gasteiger charge is -2.22. The molecule has 0 rings (SSSR count). The molecule has 0 amide bonds. The van der Waals surface area contributed by atoms with Crippen molar-refractivity contribution < 1.29 is 9.90 Å². The number of carboxylic acid groups (broad SMARTS) is 1. The molecule has 0 spiro atoms. The Morgan fingerprint density at radius 2 is 1.69 bits per heavy atom. The van der Waals surface area contributed by atoms with Crippen molar-refractivity contribution in [3.8, 4) is 0 Å². The molecule has 2 unspecified atom stereocenters.